The number of methoxy groups -OCH3 is 1. The Labute approximate surface area is 166 Å². The molecule has 1 N–H and O–H groups in total. The van der Waals surface area contributed by atoms with Gasteiger partial charge in [-0.15, -0.1) is 0 Å². The highest BCUT2D eigenvalue weighted by Crippen LogP contribution is 2.40. The number of ether oxygens (including phenoxy) is 3. The number of hydrogen-bond donors (Lipinski definition) is 1. The second kappa shape index (κ2) is 8.36. The third kappa shape index (κ3) is 3.69. The summed E-state index contributed by atoms with van der Waals surface area (Å²) in [5.41, 5.74) is 3.62. The minimum Gasteiger partial charge on any atom is -0.493 e. The van der Waals surface area contributed by atoms with Crippen LogP contribution in [0, 0.1) is 0 Å². The number of rotatable bonds is 6. The van der Waals surface area contributed by atoms with Gasteiger partial charge in [0.1, 0.15) is 11.5 Å². The highest BCUT2D eigenvalue weighted by Gasteiger charge is 2.26. The summed E-state index contributed by atoms with van der Waals surface area (Å²) in [5, 5.41) is 3.64. The smallest absolute Gasteiger partial charge is 0.164 e. The van der Waals surface area contributed by atoms with E-state index in [0.717, 1.165) is 36.0 Å². The molecular weight excluding hydrogens is 350 g/mol. The van der Waals surface area contributed by atoms with Gasteiger partial charge in [0.15, 0.2) is 11.5 Å². The van der Waals surface area contributed by atoms with E-state index < -0.39 is 0 Å². The van der Waals surface area contributed by atoms with Gasteiger partial charge in [-0.25, -0.2) is 0 Å². The van der Waals surface area contributed by atoms with Gasteiger partial charge in [0, 0.05) is 12.1 Å². The number of nitrogens with one attached hydrogen (secondary N) is 1. The van der Waals surface area contributed by atoms with Crippen molar-refractivity contribution in [1.82, 2.24) is 5.32 Å². The highest BCUT2D eigenvalue weighted by atomic mass is 16.5. The Balaban J connectivity index is 1.68. The summed E-state index contributed by atoms with van der Waals surface area (Å²) in [5.74, 6) is 3.32. The van der Waals surface area contributed by atoms with E-state index in [9.17, 15) is 0 Å². The van der Waals surface area contributed by atoms with Crippen molar-refractivity contribution in [3.8, 4) is 23.0 Å². The largest absolute Gasteiger partial charge is 0.493 e. The fraction of sp³-hybridized carbons (Fsp3) is 0.250. The molecule has 4 nitrogen and oxygen atoms in total. The van der Waals surface area contributed by atoms with Crippen molar-refractivity contribution in [3.05, 3.63) is 83.4 Å². The molecule has 4 rings (SSSR count). The maximum Gasteiger partial charge on any atom is 0.164 e. The summed E-state index contributed by atoms with van der Waals surface area (Å²) in [6.45, 7) is 3.50. The minimum absolute atomic E-state index is 0.0909. The maximum absolute atomic E-state index is 6.02. The molecule has 0 aliphatic carbocycles. The fourth-order valence-corrected chi connectivity index (χ4v) is 3.74. The second-order valence-corrected chi connectivity index (χ2v) is 6.72. The minimum atomic E-state index is 0.0909. The Morgan fingerprint density at radius 2 is 1.79 bits per heavy atom. The molecule has 1 heterocycles. The van der Waals surface area contributed by atoms with E-state index in [-0.39, 0.29) is 6.04 Å². The van der Waals surface area contributed by atoms with Gasteiger partial charge in [0.25, 0.3) is 0 Å². The number of para-hydroxylation sites is 1. The van der Waals surface area contributed by atoms with Gasteiger partial charge in [0.2, 0.25) is 0 Å². The maximum atomic E-state index is 6.02. The Kier molecular flexibility index (Phi) is 5.49. The SMILES string of the molecule is CCOc1c(OC)ccc2c1CCNC2c1cccc(Oc2ccccc2)c1. The van der Waals surface area contributed by atoms with E-state index in [1.165, 1.54) is 16.7 Å². The molecule has 4 heteroatoms. The average Bonchev–Trinajstić information content (AvgIpc) is 2.74. The zero-order chi connectivity index (χ0) is 19.3. The van der Waals surface area contributed by atoms with Crippen LogP contribution < -0.4 is 19.5 Å². The van der Waals surface area contributed by atoms with E-state index in [4.69, 9.17) is 14.2 Å². The van der Waals surface area contributed by atoms with Crippen LogP contribution in [0.15, 0.2) is 66.7 Å². The highest BCUT2D eigenvalue weighted by molar-refractivity contribution is 5.55. The second-order valence-electron chi connectivity index (χ2n) is 6.72. The average molecular weight is 375 g/mol. The molecule has 0 saturated heterocycles. The molecule has 0 amide bonds. The summed E-state index contributed by atoms with van der Waals surface area (Å²) < 4.78 is 17.5. The zero-order valence-corrected chi connectivity index (χ0v) is 16.3. The molecule has 28 heavy (non-hydrogen) atoms. The predicted molar refractivity (Wildman–Crippen MR) is 111 cm³/mol. The first-order valence-corrected chi connectivity index (χ1v) is 9.69. The summed E-state index contributed by atoms with van der Waals surface area (Å²) in [7, 11) is 1.69. The molecule has 3 aromatic rings. The lowest BCUT2D eigenvalue weighted by Gasteiger charge is -2.29. The van der Waals surface area contributed by atoms with Gasteiger partial charge in [-0.2, -0.15) is 0 Å². The molecule has 0 radical (unpaired) electrons. The van der Waals surface area contributed by atoms with Gasteiger partial charge < -0.3 is 19.5 Å². The van der Waals surface area contributed by atoms with E-state index >= 15 is 0 Å². The third-order valence-electron chi connectivity index (χ3n) is 4.97. The lowest BCUT2D eigenvalue weighted by atomic mass is 9.89. The molecule has 1 aliphatic heterocycles. The Morgan fingerprint density at radius 1 is 0.964 bits per heavy atom. The van der Waals surface area contributed by atoms with E-state index in [2.05, 4.69) is 23.5 Å². The van der Waals surface area contributed by atoms with Crippen molar-refractivity contribution in [2.45, 2.75) is 19.4 Å². The Morgan fingerprint density at radius 3 is 2.57 bits per heavy atom. The van der Waals surface area contributed by atoms with E-state index in [1.807, 2.05) is 55.5 Å². The topological polar surface area (TPSA) is 39.7 Å². The molecule has 1 atom stereocenters. The van der Waals surface area contributed by atoms with Crippen LogP contribution >= 0.6 is 0 Å². The summed E-state index contributed by atoms with van der Waals surface area (Å²) >= 11 is 0. The molecule has 0 aromatic heterocycles. The number of benzene rings is 3. The van der Waals surface area contributed by atoms with Gasteiger partial charge in [-0.3, -0.25) is 0 Å². The van der Waals surface area contributed by atoms with Gasteiger partial charge >= 0.3 is 0 Å². The van der Waals surface area contributed by atoms with Crippen molar-refractivity contribution >= 4 is 0 Å². The zero-order valence-electron chi connectivity index (χ0n) is 16.3. The number of fused-ring (bicyclic) bond motifs is 1. The van der Waals surface area contributed by atoms with Crippen LogP contribution in [0.1, 0.15) is 29.7 Å². The molecule has 0 saturated carbocycles. The quantitative estimate of drug-likeness (QED) is 0.649. The summed E-state index contributed by atoms with van der Waals surface area (Å²) in [4.78, 5) is 0. The summed E-state index contributed by atoms with van der Waals surface area (Å²) in [6, 6.07) is 22.3. The molecular formula is C24H25NO3. The van der Waals surface area contributed by atoms with Crippen LogP contribution in [0.5, 0.6) is 23.0 Å². The Bertz CT molecular complexity index is 940. The van der Waals surface area contributed by atoms with Crippen LogP contribution in [0.4, 0.5) is 0 Å². The van der Waals surface area contributed by atoms with Gasteiger partial charge in [0.05, 0.1) is 19.8 Å². The standard InChI is InChI=1S/C24H25NO3/c1-3-27-24-21-14-15-25-23(20(21)12-13-22(24)26-2)17-8-7-11-19(16-17)28-18-9-5-4-6-10-18/h4-13,16,23,25H,3,14-15H2,1-2H3. The summed E-state index contributed by atoms with van der Waals surface area (Å²) in [6.07, 6.45) is 0.915. The normalized spacial score (nSPS) is 15.6. The first kappa shape index (κ1) is 18.4. The predicted octanol–water partition coefficient (Wildman–Crippen LogP) is 5.12. The first-order valence-electron chi connectivity index (χ1n) is 9.69. The van der Waals surface area contributed by atoms with Crippen LogP contribution in [-0.2, 0) is 6.42 Å². The molecule has 3 aromatic carbocycles. The van der Waals surface area contributed by atoms with Gasteiger partial charge in [-0.1, -0.05) is 36.4 Å². The molecule has 0 fully saturated rings. The molecule has 1 aliphatic rings. The Hall–Kier alpha value is -2.98. The van der Waals surface area contributed by atoms with E-state index in [1.54, 1.807) is 7.11 Å². The molecule has 1 unspecified atom stereocenters. The fourth-order valence-electron chi connectivity index (χ4n) is 3.74. The lowest BCUT2D eigenvalue weighted by molar-refractivity contribution is 0.305. The van der Waals surface area contributed by atoms with Crippen molar-refractivity contribution in [2.24, 2.45) is 0 Å². The third-order valence-corrected chi connectivity index (χ3v) is 4.97. The van der Waals surface area contributed by atoms with Crippen LogP contribution in [0.3, 0.4) is 0 Å². The van der Waals surface area contributed by atoms with Crippen LogP contribution in [0.25, 0.3) is 0 Å². The molecule has 0 spiro atoms. The van der Waals surface area contributed by atoms with Crippen molar-refractivity contribution in [1.29, 1.82) is 0 Å². The molecule has 0 bridgehead atoms. The number of hydrogen-bond acceptors (Lipinski definition) is 4. The lowest BCUT2D eigenvalue weighted by Crippen LogP contribution is -2.31. The molecule has 144 valence electrons. The monoisotopic (exact) mass is 375 g/mol. The first-order chi connectivity index (χ1) is 13.8. The van der Waals surface area contributed by atoms with Crippen LogP contribution in [-0.4, -0.2) is 20.3 Å². The van der Waals surface area contributed by atoms with Crippen LogP contribution in [0.2, 0.25) is 0 Å². The van der Waals surface area contributed by atoms with Crippen molar-refractivity contribution in [3.63, 3.8) is 0 Å². The van der Waals surface area contributed by atoms with E-state index in [0.29, 0.717) is 6.61 Å². The van der Waals surface area contributed by atoms with Gasteiger partial charge in [-0.05, 0) is 54.8 Å². The van der Waals surface area contributed by atoms with Crippen molar-refractivity contribution in [2.75, 3.05) is 20.3 Å². The van der Waals surface area contributed by atoms with Crippen molar-refractivity contribution < 1.29 is 14.2 Å².